The molecule has 5 rings (SSSR count). The van der Waals surface area contributed by atoms with Crippen LogP contribution in [0.3, 0.4) is 0 Å². The van der Waals surface area contributed by atoms with Gasteiger partial charge in [-0.1, -0.05) is 76.2 Å². The van der Waals surface area contributed by atoms with Crippen molar-refractivity contribution in [2.75, 3.05) is 12.0 Å². The SMILES string of the molecule is CCC(=O)N1c2ccccc2N=C2C[C@@H](c3ccc(C(C)(C)C)cc3)CC(=O)[C@@H]2[C@H]1c1ccc(C(=O)OC)cc1. The lowest BCUT2D eigenvalue weighted by molar-refractivity contribution is -0.123. The predicted molar refractivity (Wildman–Crippen MR) is 157 cm³/mol. The molecule has 0 saturated heterocycles. The van der Waals surface area contributed by atoms with E-state index in [2.05, 4.69) is 45.0 Å². The van der Waals surface area contributed by atoms with Crippen molar-refractivity contribution in [1.29, 1.82) is 0 Å². The number of fused-ring (bicyclic) bond motifs is 2. The lowest BCUT2D eigenvalue weighted by Gasteiger charge is -2.39. The zero-order chi connectivity index (χ0) is 28.6. The number of rotatable bonds is 4. The van der Waals surface area contributed by atoms with Gasteiger partial charge in [0.15, 0.2) is 0 Å². The van der Waals surface area contributed by atoms with E-state index in [0.29, 0.717) is 29.8 Å². The van der Waals surface area contributed by atoms with Crippen molar-refractivity contribution in [3.05, 3.63) is 95.1 Å². The summed E-state index contributed by atoms with van der Waals surface area (Å²) in [5, 5.41) is 0. The molecule has 1 aliphatic heterocycles. The number of hydrogen-bond donors (Lipinski definition) is 0. The summed E-state index contributed by atoms with van der Waals surface area (Å²) in [6, 6.07) is 22.6. The highest BCUT2D eigenvalue weighted by Gasteiger charge is 2.46. The second-order valence-electron chi connectivity index (χ2n) is 11.7. The Hall–Kier alpha value is -4.06. The summed E-state index contributed by atoms with van der Waals surface area (Å²) in [6.45, 7) is 8.40. The van der Waals surface area contributed by atoms with E-state index in [1.807, 2.05) is 43.3 Å². The van der Waals surface area contributed by atoms with Crippen molar-refractivity contribution < 1.29 is 19.1 Å². The first-order chi connectivity index (χ1) is 19.1. The van der Waals surface area contributed by atoms with E-state index < -0.39 is 17.9 Å². The van der Waals surface area contributed by atoms with Crippen LogP contribution < -0.4 is 4.90 Å². The minimum atomic E-state index is -0.586. The Morgan fingerprint density at radius 3 is 2.20 bits per heavy atom. The fraction of sp³-hybridized carbons (Fsp3) is 0.353. The van der Waals surface area contributed by atoms with Crippen LogP contribution >= 0.6 is 0 Å². The van der Waals surface area contributed by atoms with E-state index in [1.165, 1.54) is 12.7 Å². The summed E-state index contributed by atoms with van der Waals surface area (Å²) in [7, 11) is 1.34. The van der Waals surface area contributed by atoms with Gasteiger partial charge in [-0.2, -0.15) is 0 Å². The number of carbonyl (C=O) groups is 3. The van der Waals surface area contributed by atoms with E-state index in [9.17, 15) is 14.4 Å². The number of ether oxygens (including phenoxy) is 1. The molecular formula is C34H36N2O4. The summed E-state index contributed by atoms with van der Waals surface area (Å²) in [6.07, 6.45) is 1.29. The Labute approximate surface area is 236 Å². The lowest BCUT2D eigenvalue weighted by atomic mass is 9.71. The highest BCUT2D eigenvalue weighted by atomic mass is 16.5. The van der Waals surface area contributed by atoms with E-state index in [-0.39, 0.29) is 29.4 Å². The third-order valence-electron chi connectivity index (χ3n) is 8.10. The van der Waals surface area contributed by atoms with Crippen LogP contribution in [0, 0.1) is 5.92 Å². The van der Waals surface area contributed by atoms with Crippen molar-refractivity contribution in [2.45, 2.75) is 64.3 Å². The monoisotopic (exact) mass is 536 g/mol. The minimum Gasteiger partial charge on any atom is -0.465 e. The number of Topliss-reactive ketones (excluding diaryl/α,β-unsaturated/α-hetero) is 1. The Bertz CT molecular complexity index is 1470. The van der Waals surface area contributed by atoms with Crippen LogP contribution in [-0.2, 0) is 19.7 Å². The third kappa shape index (κ3) is 5.10. The number of aliphatic imine (C=N–C) groups is 1. The van der Waals surface area contributed by atoms with Crippen molar-refractivity contribution >= 4 is 34.7 Å². The first-order valence-electron chi connectivity index (χ1n) is 13.9. The number of benzene rings is 3. The molecule has 2 aliphatic rings. The molecule has 0 bridgehead atoms. The Morgan fingerprint density at radius 2 is 1.57 bits per heavy atom. The van der Waals surface area contributed by atoms with Crippen LogP contribution in [-0.4, -0.2) is 30.5 Å². The number of carbonyl (C=O) groups excluding carboxylic acids is 3. The van der Waals surface area contributed by atoms with E-state index in [1.54, 1.807) is 17.0 Å². The molecule has 1 aliphatic carbocycles. The van der Waals surface area contributed by atoms with Gasteiger partial charge < -0.3 is 9.64 Å². The van der Waals surface area contributed by atoms with E-state index >= 15 is 0 Å². The normalized spacial score (nSPS) is 20.6. The van der Waals surface area contributed by atoms with Gasteiger partial charge in [0.2, 0.25) is 5.91 Å². The van der Waals surface area contributed by atoms with Crippen LogP contribution in [0.4, 0.5) is 11.4 Å². The highest BCUT2D eigenvalue weighted by molar-refractivity contribution is 6.13. The topological polar surface area (TPSA) is 76.0 Å². The van der Waals surface area contributed by atoms with Crippen LogP contribution in [0.5, 0.6) is 0 Å². The van der Waals surface area contributed by atoms with Crippen molar-refractivity contribution in [3.63, 3.8) is 0 Å². The fourth-order valence-electron chi connectivity index (χ4n) is 5.92. The first kappa shape index (κ1) is 27.5. The van der Waals surface area contributed by atoms with Crippen molar-refractivity contribution in [3.8, 4) is 0 Å². The number of ketones is 1. The number of esters is 1. The Kier molecular flexibility index (Phi) is 7.45. The number of methoxy groups -OCH3 is 1. The fourth-order valence-corrected chi connectivity index (χ4v) is 5.92. The lowest BCUT2D eigenvalue weighted by Crippen LogP contribution is -2.45. The molecule has 0 unspecified atom stereocenters. The number of hydrogen-bond acceptors (Lipinski definition) is 5. The highest BCUT2D eigenvalue weighted by Crippen LogP contribution is 2.47. The zero-order valence-corrected chi connectivity index (χ0v) is 23.8. The molecule has 1 amide bonds. The van der Waals surface area contributed by atoms with Gasteiger partial charge in [0.05, 0.1) is 36.0 Å². The maximum Gasteiger partial charge on any atom is 0.337 e. The summed E-state index contributed by atoms with van der Waals surface area (Å²) in [4.78, 5) is 46.6. The molecule has 3 aromatic rings. The summed E-state index contributed by atoms with van der Waals surface area (Å²) in [5.74, 6) is -1.02. The average molecular weight is 537 g/mol. The minimum absolute atomic E-state index is 0.0134. The molecule has 6 heteroatoms. The molecule has 3 atom stereocenters. The zero-order valence-electron chi connectivity index (χ0n) is 23.8. The smallest absolute Gasteiger partial charge is 0.337 e. The van der Waals surface area contributed by atoms with Gasteiger partial charge in [-0.05, 0) is 58.7 Å². The largest absolute Gasteiger partial charge is 0.465 e. The summed E-state index contributed by atoms with van der Waals surface area (Å²) >= 11 is 0. The second kappa shape index (κ2) is 10.8. The Balaban J connectivity index is 1.61. The maximum absolute atomic E-state index is 14.1. The molecule has 0 radical (unpaired) electrons. The molecule has 1 heterocycles. The van der Waals surface area contributed by atoms with Gasteiger partial charge in [0.25, 0.3) is 0 Å². The van der Waals surface area contributed by atoms with E-state index in [0.717, 1.165) is 16.8 Å². The average Bonchev–Trinajstić information content (AvgIpc) is 3.10. The van der Waals surface area contributed by atoms with Crippen LogP contribution in [0.1, 0.15) is 86.0 Å². The van der Waals surface area contributed by atoms with Gasteiger partial charge >= 0.3 is 5.97 Å². The molecule has 0 aromatic heterocycles. The molecule has 0 spiro atoms. The van der Waals surface area contributed by atoms with E-state index in [4.69, 9.17) is 9.73 Å². The van der Waals surface area contributed by atoms with Crippen LogP contribution in [0.25, 0.3) is 0 Å². The Morgan fingerprint density at radius 1 is 0.925 bits per heavy atom. The predicted octanol–water partition coefficient (Wildman–Crippen LogP) is 7.10. The number of anilines is 1. The molecule has 3 aromatic carbocycles. The van der Waals surface area contributed by atoms with Crippen LogP contribution in [0.15, 0.2) is 77.8 Å². The molecule has 6 nitrogen and oxygen atoms in total. The summed E-state index contributed by atoms with van der Waals surface area (Å²) < 4.78 is 4.87. The van der Waals surface area contributed by atoms with Crippen molar-refractivity contribution in [2.24, 2.45) is 10.9 Å². The van der Waals surface area contributed by atoms with Gasteiger partial charge in [-0.15, -0.1) is 0 Å². The van der Waals surface area contributed by atoms with Gasteiger partial charge in [0.1, 0.15) is 5.78 Å². The number of nitrogens with zero attached hydrogens (tertiary/aromatic N) is 2. The third-order valence-corrected chi connectivity index (χ3v) is 8.10. The molecular weight excluding hydrogens is 500 g/mol. The van der Waals surface area contributed by atoms with Gasteiger partial charge in [-0.3, -0.25) is 14.6 Å². The number of para-hydroxylation sites is 2. The molecule has 206 valence electrons. The van der Waals surface area contributed by atoms with Crippen LogP contribution in [0.2, 0.25) is 0 Å². The summed E-state index contributed by atoms with van der Waals surface area (Å²) in [5.41, 5.74) is 5.80. The number of amides is 1. The molecule has 40 heavy (non-hydrogen) atoms. The van der Waals surface area contributed by atoms with Gasteiger partial charge in [-0.25, -0.2) is 4.79 Å². The molecule has 0 N–H and O–H groups in total. The van der Waals surface area contributed by atoms with Crippen molar-refractivity contribution in [1.82, 2.24) is 0 Å². The standard InChI is InChI=1S/C34H36N2O4/c1-6-30(38)36-28-10-8-7-9-26(28)35-27-19-24(21-15-17-25(18-16-21)34(2,3)4)20-29(37)31(27)32(36)22-11-13-23(14-12-22)33(39)40-5/h7-18,24,31-32H,6,19-20H2,1-5H3/t24-,31-,32-/m1/s1. The first-order valence-corrected chi connectivity index (χ1v) is 13.9. The quantitative estimate of drug-likeness (QED) is 0.333. The molecule has 1 saturated carbocycles. The second-order valence-corrected chi connectivity index (χ2v) is 11.7. The maximum atomic E-state index is 14.1. The molecule has 1 fully saturated rings. The van der Waals surface area contributed by atoms with Gasteiger partial charge in [0, 0.05) is 18.6 Å².